The Bertz CT molecular complexity index is 328. The van der Waals surface area contributed by atoms with Gasteiger partial charge >= 0.3 is 0 Å². The third kappa shape index (κ3) is 2.35. The lowest BCUT2D eigenvalue weighted by molar-refractivity contribution is -0.236. The second kappa shape index (κ2) is 5.92. The van der Waals surface area contributed by atoms with Gasteiger partial charge in [-0.3, -0.25) is 0 Å². The largest absolute Gasteiger partial charge is 0.381 e. The molecule has 2 fully saturated rings. The van der Waals surface area contributed by atoms with Crippen molar-refractivity contribution in [2.24, 2.45) is 0 Å². The summed E-state index contributed by atoms with van der Waals surface area (Å²) in [5, 5.41) is 12.4. The van der Waals surface area contributed by atoms with Gasteiger partial charge in [-0.1, -0.05) is 25.5 Å². The Labute approximate surface area is 116 Å². The fourth-order valence-corrected chi connectivity index (χ4v) is 3.59. The van der Waals surface area contributed by atoms with E-state index in [0.717, 1.165) is 52.1 Å². The van der Waals surface area contributed by atoms with Crippen LogP contribution in [0.15, 0.2) is 11.6 Å². The lowest BCUT2D eigenvalue weighted by Gasteiger charge is -2.47. The van der Waals surface area contributed by atoms with E-state index < -0.39 is 0 Å². The maximum atomic E-state index is 10.7. The zero-order chi connectivity index (χ0) is 13.9. The van der Waals surface area contributed by atoms with Crippen LogP contribution in [0.25, 0.3) is 0 Å². The van der Waals surface area contributed by atoms with Crippen LogP contribution in [0, 0.1) is 0 Å². The number of hydroxylamine groups is 2. The molecule has 3 aliphatic rings. The minimum atomic E-state index is -0.181. The number of nitrogens with zero attached hydrogens (tertiary/aromatic N) is 1. The zero-order valence-corrected chi connectivity index (χ0v) is 12.4. The molecule has 0 amide bonds. The van der Waals surface area contributed by atoms with Crippen molar-refractivity contribution in [1.82, 2.24) is 5.06 Å². The fraction of sp³-hybridized carbons (Fsp3) is 0.867. The van der Waals surface area contributed by atoms with Crippen molar-refractivity contribution in [3.63, 3.8) is 0 Å². The van der Waals surface area contributed by atoms with Crippen molar-refractivity contribution in [1.29, 1.82) is 0 Å². The third-order valence-electron chi connectivity index (χ3n) is 4.73. The molecule has 0 radical (unpaired) electrons. The quantitative estimate of drug-likeness (QED) is 0.687. The molecular formula is C15H27NO3. The van der Waals surface area contributed by atoms with E-state index in [0.29, 0.717) is 0 Å². The van der Waals surface area contributed by atoms with E-state index in [-0.39, 0.29) is 11.1 Å². The fourth-order valence-electron chi connectivity index (χ4n) is 3.59. The molecule has 4 nitrogen and oxygen atoms in total. The Kier molecular flexibility index (Phi) is 4.66. The molecule has 0 aromatic rings. The Morgan fingerprint density at radius 3 is 2.00 bits per heavy atom. The number of ether oxygens (including phenoxy) is 2. The summed E-state index contributed by atoms with van der Waals surface area (Å²) in [5.41, 5.74) is 0.958. The van der Waals surface area contributed by atoms with Gasteiger partial charge in [-0.2, -0.15) is 5.06 Å². The number of hydrogen-bond donors (Lipinski definition) is 1. The minimum Gasteiger partial charge on any atom is -0.381 e. The SMILES string of the molecule is CC.CC1=CC2(CCOCC2)N(O)C12CCOCC2. The van der Waals surface area contributed by atoms with Gasteiger partial charge in [-0.15, -0.1) is 0 Å². The summed E-state index contributed by atoms with van der Waals surface area (Å²) in [6.45, 7) is 9.13. The summed E-state index contributed by atoms with van der Waals surface area (Å²) in [7, 11) is 0. The summed E-state index contributed by atoms with van der Waals surface area (Å²) in [6, 6.07) is 0. The number of rotatable bonds is 0. The molecule has 2 spiro atoms. The van der Waals surface area contributed by atoms with Gasteiger partial charge in [-0.25, -0.2) is 0 Å². The average Bonchev–Trinajstić information content (AvgIpc) is 2.66. The van der Waals surface area contributed by atoms with Gasteiger partial charge in [0.25, 0.3) is 0 Å². The maximum Gasteiger partial charge on any atom is 0.0720 e. The summed E-state index contributed by atoms with van der Waals surface area (Å²) < 4.78 is 10.9. The smallest absolute Gasteiger partial charge is 0.0720 e. The Hall–Kier alpha value is -0.420. The Balaban J connectivity index is 0.000000637. The van der Waals surface area contributed by atoms with Crippen LogP contribution in [0.2, 0.25) is 0 Å². The monoisotopic (exact) mass is 269 g/mol. The van der Waals surface area contributed by atoms with E-state index in [2.05, 4.69) is 13.0 Å². The molecule has 4 heteroatoms. The molecule has 110 valence electrons. The molecule has 0 atom stereocenters. The van der Waals surface area contributed by atoms with Crippen molar-refractivity contribution < 1.29 is 14.7 Å². The highest BCUT2D eigenvalue weighted by atomic mass is 16.5. The molecule has 3 aliphatic heterocycles. The minimum absolute atomic E-state index is 0.171. The van der Waals surface area contributed by atoms with Gasteiger partial charge in [0.05, 0.1) is 11.1 Å². The Morgan fingerprint density at radius 1 is 1.00 bits per heavy atom. The third-order valence-corrected chi connectivity index (χ3v) is 4.73. The van der Waals surface area contributed by atoms with Gasteiger partial charge in [0.1, 0.15) is 0 Å². The second-order valence-corrected chi connectivity index (χ2v) is 5.50. The summed E-state index contributed by atoms with van der Waals surface area (Å²) in [5.74, 6) is 0. The topological polar surface area (TPSA) is 41.9 Å². The first-order valence-corrected chi connectivity index (χ1v) is 7.54. The molecule has 19 heavy (non-hydrogen) atoms. The lowest BCUT2D eigenvalue weighted by Crippen LogP contribution is -2.57. The maximum absolute atomic E-state index is 10.7. The summed E-state index contributed by atoms with van der Waals surface area (Å²) in [4.78, 5) is 0. The van der Waals surface area contributed by atoms with Crippen LogP contribution >= 0.6 is 0 Å². The van der Waals surface area contributed by atoms with Crippen molar-refractivity contribution in [2.45, 2.75) is 57.5 Å². The van der Waals surface area contributed by atoms with Crippen molar-refractivity contribution in [3.8, 4) is 0 Å². The summed E-state index contributed by atoms with van der Waals surface area (Å²) in [6.07, 6.45) is 5.86. The van der Waals surface area contributed by atoms with E-state index in [1.807, 2.05) is 13.8 Å². The van der Waals surface area contributed by atoms with Crippen molar-refractivity contribution in [2.75, 3.05) is 26.4 Å². The first-order valence-electron chi connectivity index (χ1n) is 7.54. The molecule has 0 aromatic carbocycles. The standard InChI is InChI=1S/C13H21NO3.C2H6/c1-11-10-12(2-6-16-7-3-12)14(15)13(11)4-8-17-9-5-13;1-2/h10,15H,2-9H2,1H3;1-2H3. The predicted octanol–water partition coefficient (Wildman–Crippen LogP) is 2.76. The van der Waals surface area contributed by atoms with Crippen molar-refractivity contribution in [3.05, 3.63) is 11.6 Å². The lowest BCUT2D eigenvalue weighted by atomic mass is 9.85. The van der Waals surface area contributed by atoms with Crippen LogP contribution in [0.3, 0.4) is 0 Å². The Morgan fingerprint density at radius 2 is 1.47 bits per heavy atom. The van der Waals surface area contributed by atoms with Gasteiger partial charge < -0.3 is 14.7 Å². The van der Waals surface area contributed by atoms with Crippen LogP contribution in [0.1, 0.15) is 46.5 Å². The first kappa shape index (κ1) is 15.0. The molecule has 0 bridgehead atoms. The van der Waals surface area contributed by atoms with Crippen LogP contribution < -0.4 is 0 Å². The molecule has 3 rings (SSSR count). The van der Waals surface area contributed by atoms with E-state index in [1.165, 1.54) is 5.57 Å². The van der Waals surface area contributed by atoms with E-state index in [4.69, 9.17) is 9.47 Å². The van der Waals surface area contributed by atoms with Crippen LogP contribution in [-0.2, 0) is 9.47 Å². The van der Waals surface area contributed by atoms with Gasteiger partial charge in [0.2, 0.25) is 0 Å². The van der Waals surface area contributed by atoms with Gasteiger partial charge in [-0.05, 0) is 32.6 Å². The predicted molar refractivity (Wildman–Crippen MR) is 74.3 cm³/mol. The van der Waals surface area contributed by atoms with E-state index >= 15 is 0 Å². The van der Waals surface area contributed by atoms with Crippen LogP contribution in [0.5, 0.6) is 0 Å². The molecule has 2 saturated heterocycles. The zero-order valence-electron chi connectivity index (χ0n) is 12.4. The molecule has 3 heterocycles. The van der Waals surface area contributed by atoms with Crippen LogP contribution in [-0.4, -0.2) is 47.8 Å². The highest BCUT2D eigenvalue weighted by Crippen LogP contribution is 2.48. The summed E-state index contributed by atoms with van der Waals surface area (Å²) >= 11 is 0. The first-order chi connectivity index (χ1) is 9.20. The molecule has 0 unspecified atom stereocenters. The molecular weight excluding hydrogens is 242 g/mol. The van der Waals surface area contributed by atoms with Crippen LogP contribution in [0.4, 0.5) is 0 Å². The average molecular weight is 269 g/mol. The van der Waals surface area contributed by atoms with Crippen molar-refractivity contribution >= 4 is 0 Å². The van der Waals surface area contributed by atoms with E-state index in [1.54, 1.807) is 5.06 Å². The van der Waals surface area contributed by atoms with Gasteiger partial charge in [0, 0.05) is 26.4 Å². The number of hydrogen-bond acceptors (Lipinski definition) is 4. The van der Waals surface area contributed by atoms with Gasteiger partial charge in [0.15, 0.2) is 0 Å². The molecule has 0 saturated carbocycles. The normalized spacial score (nSPS) is 28.9. The molecule has 1 N–H and O–H groups in total. The molecule has 0 aliphatic carbocycles. The highest BCUT2D eigenvalue weighted by molar-refractivity contribution is 5.32. The van der Waals surface area contributed by atoms with E-state index in [9.17, 15) is 5.21 Å². The molecule has 0 aromatic heterocycles. The highest BCUT2D eigenvalue weighted by Gasteiger charge is 2.54. The second-order valence-electron chi connectivity index (χ2n) is 5.50.